The smallest absolute Gasteiger partial charge is 0.0857 e. The van der Waals surface area contributed by atoms with E-state index in [4.69, 9.17) is 0 Å². The quantitative estimate of drug-likeness (QED) is 0.500. The Morgan fingerprint density at radius 2 is 1.26 bits per heavy atom. The van der Waals surface area contributed by atoms with Crippen molar-refractivity contribution in [1.29, 1.82) is 0 Å². The number of hydrogen-bond donors (Lipinski definition) is 0. The monoisotopic (exact) mass is 286 g/mol. The Labute approximate surface area is 121 Å². The van der Waals surface area contributed by atoms with E-state index in [1.54, 1.807) is 0 Å². The first kappa shape index (κ1) is 13.9. The normalized spacial score (nSPS) is 13.3. The van der Waals surface area contributed by atoms with Crippen LogP contribution in [0.5, 0.6) is 0 Å². The standard InChI is InChI=1S/C12H10N2.C3H4S2/c1-3-7-11(8-4-1)13-14-12-9-5-2-6-10-12;1-2-4-5-3-1/h1-10H;1-2H,3H2/b14-13+;. The molecule has 0 atom stereocenters. The van der Waals surface area contributed by atoms with Gasteiger partial charge in [-0.05, 0) is 29.7 Å². The van der Waals surface area contributed by atoms with Crippen LogP contribution in [0, 0.1) is 0 Å². The van der Waals surface area contributed by atoms with E-state index in [0.717, 1.165) is 11.4 Å². The van der Waals surface area contributed by atoms with Gasteiger partial charge in [-0.25, -0.2) is 0 Å². The molecule has 1 aliphatic heterocycles. The van der Waals surface area contributed by atoms with Crippen LogP contribution in [0.4, 0.5) is 11.4 Å². The van der Waals surface area contributed by atoms with Crippen LogP contribution in [-0.4, -0.2) is 5.75 Å². The third-order valence-electron chi connectivity index (χ3n) is 2.18. The van der Waals surface area contributed by atoms with Crippen molar-refractivity contribution in [3.05, 3.63) is 72.1 Å². The zero-order chi connectivity index (χ0) is 13.2. The Morgan fingerprint density at radius 1 is 0.737 bits per heavy atom. The molecule has 3 rings (SSSR count). The van der Waals surface area contributed by atoms with Crippen molar-refractivity contribution in [3.63, 3.8) is 0 Å². The molecule has 96 valence electrons. The summed E-state index contributed by atoms with van der Waals surface area (Å²) in [4.78, 5) is 0. The molecule has 0 bridgehead atoms. The van der Waals surface area contributed by atoms with E-state index >= 15 is 0 Å². The third-order valence-corrected chi connectivity index (χ3v) is 4.10. The highest BCUT2D eigenvalue weighted by molar-refractivity contribution is 8.78. The lowest BCUT2D eigenvalue weighted by Crippen LogP contribution is -1.62. The predicted octanol–water partition coefficient (Wildman–Crippen LogP) is 6.00. The maximum absolute atomic E-state index is 4.10. The van der Waals surface area contributed by atoms with Gasteiger partial charge >= 0.3 is 0 Å². The Morgan fingerprint density at radius 3 is 1.58 bits per heavy atom. The van der Waals surface area contributed by atoms with Gasteiger partial charge in [0.2, 0.25) is 0 Å². The minimum atomic E-state index is 0.872. The van der Waals surface area contributed by atoms with Crippen LogP contribution in [0.25, 0.3) is 0 Å². The largest absolute Gasteiger partial charge is 0.151 e. The van der Waals surface area contributed by atoms with E-state index in [2.05, 4.69) is 21.7 Å². The molecule has 1 heterocycles. The lowest BCUT2D eigenvalue weighted by Gasteiger charge is -1.91. The molecule has 2 aromatic carbocycles. The van der Waals surface area contributed by atoms with Crippen LogP contribution in [0.1, 0.15) is 0 Å². The molecule has 0 aliphatic carbocycles. The average molecular weight is 286 g/mol. The van der Waals surface area contributed by atoms with Gasteiger partial charge in [0.05, 0.1) is 11.4 Å². The van der Waals surface area contributed by atoms with Crippen molar-refractivity contribution in [2.24, 2.45) is 10.2 Å². The van der Waals surface area contributed by atoms with Crippen molar-refractivity contribution in [2.75, 3.05) is 5.75 Å². The van der Waals surface area contributed by atoms with E-state index in [-0.39, 0.29) is 0 Å². The summed E-state index contributed by atoms with van der Waals surface area (Å²) < 4.78 is 0. The van der Waals surface area contributed by atoms with Gasteiger partial charge in [-0.15, -0.1) is 0 Å². The molecule has 0 unspecified atom stereocenters. The fraction of sp³-hybridized carbons (Fsp3) is 0.0667. The van der Waals surface area contributed by atoms with Crippen LogP contribution in [0.15, 0.2) is 82.4 Å². The molecule has 0 radical (unpaired) electrons. The summed E-state index contributed by atoms with van der Waals surface area (Å²) >= 11 is 0. The van der Waals surface area contributed by atoms with Gasteiger partial charge in [0.1, 0.15) is 0 Å². The SMILES string of the molecule is C1=CSSC1.c1ccc(/N=N/c2ccccc2)cc1. The Balaban J connectivity index is 0.000000224. The third kappa shape index (κ3) is 5.77. The lowest BCUT2D eigenvalue weighted by molar-refractivity contribution is 1.23. The van der Waals surface area contributed by atoms with E-state index in [1.165, 1.54) is 5.75 Å². The predicted molar refractivity (Wildman–Crippen MR) is 86.2 cm³/mol. The first-order valence-corrected chi connectivity index (χ1v) is 8.28. The van der Waals surface area contributed by atoms with E-state index in [1.807, 2.05) is 82.3 Å². The second-order valence-electron chi connectivity index (χ2n) is 3.62. The maximum atomic E-state index is 4.10. The minimum Gasteiger partial charge on any atom is -0.151 e. The summed E-state index contributed by atoms with van der Waals surface area (Å²) in [5, 5.41) is 10.3. The summed E-state index contributed by atoms with van der Waals surface area (Å²) in [5.41, 5.74) is 1.74. The fourth-order valence-corrected chi connectivity index (χ4v) is 2.87. The van der Waals surface area contributed by atoms with Crippen LogP contribution < -0.4 is 0 Å². The summed E-state index contributed by atoms with van der Waals surface area (Å²) in [5.74, 6) is 1.20. The summed E-state index contributed by atoms with van der Waals surface area (Å²) in [6.07, 6.45) is 2.16. The van der Waals surface area contributed by atoms with Gasteiger partial charge in [0.25, 0.3) is 0 Å². The molecular weight excluding hydrogens is 272 g/mol. The zero-order valence-corrected chi connectivity index (χ0v) is 12.0. The summed E-state index contributed by atoms with van der Waals surface area (Å²) in [6, 6.07) is 19.4. The number of benzene rings is 2. The van der Waals surface area contributed by atoms with Crippen LogP contribution >= 0.6 is 21.6 Å². The summed E-state index contributed by atoms with van der Waals surface area (Å²) in [6.45, 7) is 0. The van der Waals surface area contributed by atoms with Gasteiger partial charge in [-0.2, -0.15) is 10.2 Å². The highest BCUT2D eigenvalue weighted by atomic mass is 33.1. The molecule has 1 aliphatic rings. The number of azo groups is 1. The Kier molecular flexibility index (Phi) is 6.26. The van der Waals surface area contributed by atoms with E-state index in [0.29, 0.717) is 0 Å². The molecular formula is C15H14N2S2. The number of hydrogen-bond acceptors (Lipinski definition) is 4. The van der Waals surface area contributed by atoms with Crippen LogP contribution in [-0.2, 0) is 0 Å². The molecule has 0 saturated heterocycles. The summed E-state index contributed by atoms with van der Waals surface area (Å²) in [7, 11) is 3.69. The van der Waals surface area contributed by atoms with Gasteiger partial charge in [0.15, 0.2) is 0 Å². The fourth-order valence-electron chi connectivity index (χ4n) is 1.30. The van der Waals surface area contributed by atoms with Crippen molar-refractivity contribution in [1.82, 2.24) is 0 Å². The van der Waals surface area contributed by atoms with Crippen molar-refractivity contribution < 1.29 is 0 Å². The second kappa shape index (κ2) is 8.56. The highest BCUT2D eigenvalue weighted by Gasteiger charge is 1.87. The minimum absolute atomic E-state index is 0.872. The van der Waals surface area contributed by atoms with Crippen molar-refractivity contribution >= 4 is 33.0 Å². The first-order chi connectivity index (χ1) is 9.45. The lowest BCUT2D eigenvalue weighted by atomic mass is 10.3. The molecule has 0 fully saturated rings. The van der Waals surface area contributed by atoms with E-state index in [9.17, 15) is 0 Å². The van der Waals surface area contributed by atoms with Gasteiger partial charge in [-0.1, -0.05) is 64.1 Å². The molecule has 0 saturated carbocycles. The molecule has 0 N–H and O–H groups in total. The second-order valence-corrected chi connectivity index (χ2v) is 5.94. The topological polar surface area (TPSA) is 24.7 Å². The average Bonchev–Trinajstić information content (AvgIpc) is 3.07. The zero-order valence-electron chi connectivity index (χ0n) is 10.3. The van der Waals surface area contributed by atoms with Gasteiger partial charge in [0, 0.05) is 5.75 Å². The molecule has 0 spiro atoms. The van der Waals surface area contributed by atoms with Crippen LogP contribution in [0.2, 0.25) is 0 Å². The van der Waals surface area contributed by atoms with E-state index < -0.39 is 0 Å². The van der Waals surface area contributed by atoms with Crippen molar-refractivity contribution in [3.8, 4) is 0 Å². The van der Waals surface area contributed by atoms with Crippen molar-refractivity contribution in [2.45, 2.75) is 0 Å². The Bertz CT molecular complexity index is 477. The first-order valence-electron chi connectivity index (χ1n) is 5.90. The molecule has 4 heteroatoms. The number of nitrogens with zero attached hydrogens (tertiary/aromatic N) is 2. The maximum Gasteiger partial charge on any atom is 0.0857 e. The van der Waals surface area contributed by atoms with Gasteiger partial charge < -0.3 is 0 Å². The molecule has 0 aromatic heterocycles. The molecule has 0 amide bonds. The highest BCUT2D eigenvalue weighted by Crippen LogP contribution is 2.27. The molecule has 19 heavy (non-hydrogen) atoms. The Hall–Kier alpha value is -1.52. The number of rotatable bonds is 2. The van der Waals surface area contributed by atoms with Gasteiger partial charge in [-0.3, -0.25) is 0 Å². The molecule has 2 nitrogen and oxygen atoms in total. The molecule has 2 aromatic rings. The van der Waals surface area contributed by atoms with Crippen LogP contribution in [0.3, 0.4) is 0 Å².